The van der Waals surface area contributed by atoms with Gasteiger partial charge in [-0.2, -0.15) is 5.10 Å². The molecule has 122 valence electrons. The SMILES string of the molecule is Cc1ccc(-n2nc(Cc3ccc(Cl)cc3Cl)c3c2NCC3)cc1. The van der Waals surface area contributed by atoms with Gasteiger partial charge in [0.15, 0.2) is 0 Å². The van der Waals surface area contributed by atoms with Gasteiger partial charge in [-0.15, -0.1) is 0 Å². The molecule has 5 heteroatoms. The number of hydrogen-bond donors (Lipinski definition) is 1. The standard InChI is InChI=1S/C19H17Cl2N3/c1-12-2-6-15(7-3-12)24-19-16(8-9-22-19)18(23-24)10-13-4-5-14(20)11-17(13)21/h2-7,11,22H,8-10H2,1H3. The Balaban J connectivity index is 1.74. The van der Waals surface area contributed by atoms with Gasteiger partial charge in [0, 0.05) is 28.6 Å². The van der Waals surface area contributed by atoms with E-state index in [1.54, 1.807) is 6.07 Å². The lowest BCUT2D eigenvalue weighted by atomic mass is 10.1. The van der Waals surface area contributed by atoms with E-state index in [0.29, 0.717) is 16.5 Å². The summed E-state index contributed by atoms with van der Waals surface area (Å²) < 4.78 is 2.00. The summed E-state index contributed by atoms with van der Waals surface area (Å²) in [6.45, 7) is 3.03. The zero-order chi connectivity index (χ0) is 16.7. The number of hydrogen-bond acceptors (Lipinski definition) is 2. The Hall–Kier alpha value is -1.97. The van der Waals surface area contributed by atoms with Crippen LogP contribution in [0.5, 0.6) is 0 Å². The quantitative estimate of drug-likeness (QED) is 0.710. The summed E-state index contributed by atoms with van der Waals surface area (Å²) in [5.74, 6) is 1.10. The first-order chi connectivity index (χ1) is 11.6. The van der Waals surface area contributed by atoms with Gasteiger partial charge in [-0.1, -0.05) is 47.0 Å². The van der Waals surface area contributed by atoms with Gasteiger partial charge < -0.3 is 5.32 Å². The van der Waals surface area contributed by atoms with Gasteiger partial charge in [0.2, 0.25) is 0 Å². The lowest BCUT2D eigenvalue weighted by molar-refractivity contribution is 0.839. The third-order valence-corrected chi connectivity index (χ3v) is 4.97. The Morgan fingerprint density at radius 3 is 2.67 bits per heavy atom. The molecule has 0 spiro atoms. The molecule has 4 rings (SSSR count). The number of anilines is 1. The first kappa shape index (κ1) is 15.6. The van der Waals surface area contributed by atoms with E-state index in [4.69, 9.17) is 28.3 Å². The van der Waals surface area contributed by atoms with Gasteiger partial charge in [-0.05, 0) is 43.2 Å². The van der Waals surface area contributed by atoms with E-state index in [2.05, 4.69) is 36.5 Å². The molecule has 1 aliphatic heterocycles. The van der Waals surface area contributed by atoms with E-state index in [-0.39, 0.29) is 0 Å². The van der Waals surface area contributed by atoms with Crippen LogP contribution in [0.1, 0.15) is 22.4 Å². The Bertz CT molecular complexity index is 898. The number of aromatic nitrogens is 2. The number of halogens is 2. The summed E-state index contributed by atoms with van der Waals surface area (Å²) in [7, 11) is 0. The highest BCUT2D eigenvalue weighted by Crippen LogP contribution is 2.31. The fourth-order valence-corrected chi connectivity index (χ4v) is 3.58. The van der Waals surface area contributed by atoms with E-state index in [1.807, 2.05) is 16.8 Å². The van der Waals surface area contributed by atoms with E-state index in [0.717, 1.165) is 35.7 Å². The molecule has 0 aliphatic carbocycles. The van der Waals surface area contributed by atoms with Gasteiger partial charge in [0.05, 0.1) is 11.4 Å². The highest BCUT2D eigenvalue weighted by Gasteiger charge is 2.23. The minimum atomic E-state index is 0.654. The number of nitrogens with zero attached hydrogens (tertiary/aromatic N) is 2. The van der Waals surface area contributed by atoms with Crippen molar-refractivity contribution in [1.82, 2.24) is 9.78 Å². The van der Waals surface area contributed by atoms with Crippen LogP contribution in [-0.4, -0.2) is 16.3 Å². The monoisotopic (exact) mass is 357 g/mol. The highest BCUT2D eigenvalue weighted by molar-refractivity contribution is 6.35. The maximum atomic E-state index is 6.34. The van der Waals surface area contributed by atoms with Crippen LogP contribution in [0.4, 0.5) is 5.82 Å². The van der Waals surface area contributed by atoms with Crippen LogP contribution < -0.4 is 5.32 Å². The number of benzene rings is 2. The Morgan fingerprint density at radius 2 is 1.92 bits per heavy atom. The first-order valence-electron chi connectivity index (χ1n) is 7.97. The predicted octanol–water partition coefficient (Wildman–Crippen LogP) is 5.05. The molecular weight excluding hydrogens is 341 g/mol. The minimum Gasteiger partial charge on any atom is -0.369 e. The van der Waals surface area contributed by atoms with Crippen molar-refractivity contribution in [2.75, 3.05) is 11.9 Å². The molecule has 0 saturated heterocycles. The zero-order valence-electron chi connectivity index (χ0n) is 13.3. The summed E-state index contributed by atoms with van der Waals surface area (Å²) >= 11 is 12.3. The molecule has 1 aromatic heterocycles. The van der Waals surface area contributed by atoms with Crippen LogP contribution >= 0.6 is 23.2 Å². The van der Waals surface area contributed by atoms with E-state index >= 15 is 0 Å². The van der Waals surface area contributed by atoms with Crippen molar-refractivity contribution in [2.24, 2.45) is 0 Å². The molecular formula is C19H17Cl2N3. The van der Waals surface area contributed by atoms with Gasteiger partial charge in [-0.3, -0.25) is 0 Å². The predicted molar refractivity (Wildman–Crippen MR) is 99.8 cm³/mol. The molecule has 3 aromatic rings. The molecule has 24 heavy (non-hydrogen) atoms. The lowest BCUT2D eigenvalue weighted by Gasteiger charge is -2.07. The average Bonchev–Trinajstić information content (AvgIpc) is 3.15. The number of aryl methyl sites for hydroxylation is 1. The summed E-state index contributed by atoms with van der Waals surface area (Å²) in [6, 6.07) is 14.0. The molecule has 3 nitrogen and oxygen atoms in total. The van der Waals surface area contributed by atoms with Crippen LogP contribution in [0.15, 0.2) is 42.5 Å². The van der Waals surface area contributed by atoms with Crippen LogP contribution in [0.3, 0.4) is 0 Å². The summed E-state index contributed by atoms with van der Waals surface area (Å²) in [5, 5.41) is 9.65. The summed E-state index contributed by atoms with van der Waals surface area (Å²) in [4.78, 5) is 0. The van der Waals surface area contributed by atoms with Crippen LogP contribution in [-0.2, 0) is 12.8 Å². The fourth-order valence-electron chi connectivity index (χ4n) is 3.11. The molecule has 1 aliphatic rings. The van der Waals surface area contributed by atoms with Crippen LogP contribution in [0, 0.1) is 6.92 Å². The third-order valence-electron chi connectivity index (χ3n) is 4.39. The number of nitrogens with one attached hydrogen (secondary N) is 1. The first-order valence-corrected chi connectivity index (χ1v) is 8.73. The van der Waals surface area contributed by atoms with Gasteiger partial charge in [0.25, 0.3) is 0 Å². The second kappa shape index (κ2) is 6.15. The van der Waals surface area contributed by atoms with Gasteiger partial charge >= 0.3 is 0 Å². The second-order valence-corrected chi connectivity index (χ2v) is 6.95. The maximum Gasteiger partial charge on any atom is 0.133 e. The topological polar surface area (TPSA) is 29.9 Å². The van der Waals surface area contributed by atoms with Crippen molar-refractivity contribution >= 4 is 29.0 Å². The van der Waals surface area contributed by atoms with Crippen molar-refractivity contribution < 1.29 is 0 Å². The Kier molecular flexibility index (Phi) is 3.99. The smallest absolute Gasteiger partial charge is 0.133 e. The van der Waals surface area contributed by atoms with Crippen molar-refractivity contribution in [3.8, 4) is 5.69 Å². The fraction of sp³-hybridized carbons (Fsp3) is 0.211. The maximum absolute atomic E-state index is 6.34. The number of rotatable bonds is 3. The van der Waals surface area contributed by atoms with E-state index in [9.17, 15) is 0 Å². The zero-order valence-corrected chi connectivity index (χ0v) is 14.8. The van der Waals surface area contributed by atoms with Crippen molar-refractivity contribution in [2.45, 2.75) is 19.8 Å². The van der Waals surface area contributed by atoms with Crippen molar-refractivity contribution in [1.29, 1.82) is 0 Å². The molecule has 2 aromatic carbocycles. The molecule has 2 heterocycles. The normalized spacial score (nSPS) is 13.0. The van der Waals surface area contributed by atoms with E-state index in [1.165, 1.54) is 11.1 Å². The second-order valence-electron chi connectivity index (χ2n) is 6.11. The van der Waals surface area contributed by atoms with Crippen molar-refractivity contribution in [3.63, 3.8) is 0 Å². The molecule has 0 unspecified atom stereocenters. The lowest BCUT2D eigenvalue weighted by Crippen LogP contribution is -2.05. The van der Waals surface area contributed by atoms with Gasteiger partial charge in [0.1, 0.15) is 5.82 Å². The Morgan fingerprint density at radius 1 is 1.12 bits per heavy atom. The Labute approximate surface area is 151 Å². The largest absolute Gasteiger partial charge is 0.369 e. The van der Waals surface area contributed by atoms with E-state index < -0.39 is 0 Å². The molecule has 0 saturated carbocycles. The molecule has 0 bridgehead atoms. The molecule has 0 amide bonds. The average molecular weight is 358 g/mol. The summed E-state index contributed by atoms with van der Waals surface area (Å²) in [5.41, 5.74) is 5.70. The summed E-state index contributed by atoms with van der Waals surface area (Å²) in [6.07, 6.45) is 1.70. The number of fused-ring (bicyclic) bond motifs is 1. The van der Waals surface area contributed by atoms with Crippen LogP contribution in [0.25, 0.3) is 5.69 Å². The van der Waals surface area contributed by atoms with Crippen molar-refractivity contribution in [3.05, 3.63) is 74.9 Å². The molecule has 0 radical (unpaired) electrons. The molecule has 1 N–H and O–H groups in total. The molecule has 0 atom stereocenters. The molecule has 0 fully saturated rings. The minimum absolute atomic E-state index is 0.654. The van der Waals surface area contributed by atoms with Crippen LogP contribution in [0.2, 0.25) is 10.0 Å². The third kappa shape index (κ3) is 2.79. The highest BCUT2D eigenvalue weighted by atomic mass is 35.5. The van der Waals surface area contributed by atoms with Gasteiger partial charge in [-0.25, -0.2) is 4.68 Å².